The molecular formula is C11H16N2. The molecule has 0 radical (unpaired) electrons. The third kappa shape index (κ3) is 3.76. The smallest absolute Gasteiger partial charge is 0.0395 e. The molecule has 2 heteroatoms. The lowest BCUT2D eigenvalue weighted by Crippen LogP contribution is -2.08. The second-order valence-corrected chi connectivity index (χ2v) is 3.06. The van der Waals surface area contributed by atoms with Gasteiger partial charge in [-0.1, -0.05) is 30.3 Å². The van der Waals surface area contributed by atoms with Crippen LogP contribution in [0.4, 0.5) is 0 Å². The fraction of sp³-hybridized carbons (Fsp3) is 0.273. The van der Waals surface area contributed by atoms with Crippen LogP contribution in [0, 0.1) is 0 Å². The van der Waals surface area contributed by atoms with Crippen molar-refractivity contribution in [3.63, 3.8) is 0 Å². The summed E-state index contributed by atoms with van der Waals surface area (Å²) in [6, 6.07) is 10.3. The van der Waals surface area contributed by atoms with Crippen molar-refractivity contribution < 1.29 is 0 Å². The van der Waals surface area contributed by atoms with E-state index >= 15 is 0 Å². The molecule has 0 aromatic heterocycles. The number of nitrogens with one attached hydrogen (secondary N) is 1. The van der Waals surface area contributed by atoms with Gasteiger partial charge in [0.15, 0.2) is 0 Å². The SMILES string of the molecule is C/C(=C/NCc1ccccc1)CN. The summed E-state index contributed by atoms with van der Waals surface area (Å²) in [5.41, 5.74) is 7.89. The summed E-state index contributed by atoms with van der Waals surface area (Å²) in [7, 11) is 0. The van der Waals surface area contributed by atoms with Crippen molar-refractivity contribution in [3.8, 4) is 0 Å². The number of nitrogens with two attached hydrogens (primary N) is 1. The summed E-state index contributed by atoms with van der Waals surface area (Å²) in [6.45, 7) is 3.48. The zero-order valence-electron chi connectivity index (χ0n) is 7.96. The molecule has 0 bridgehead atoms. The topological polar surface area (TPSA) is 38.0 Å². The van der Waals surface area contributed by atoms with Crippen molar-refractivity contribution >= 4 is 0 Å². The van der Waals surface area contributed by atoms with Crippen LogP contribution in [0.2, 0.25) is 0 Å². The molecule has 0 saturated carbocycles. The molecule has 0 aliphatic carbocycles. The Morgan fingerprint density at radius 3 is 2.69 bits per heavy atom. The quantitative estimate of drug-likeness (QED) is 0.732. The number of rotatable bonds is 4. The van der Waals surface area contributed by atoms with Gasteiger partial charge in [-0.05, 0) is 24.3 Å². The summed E-state index contributed by atoms with van der Waals surface area (Å²) in [5, 5.41) is 3.21. The molecule has 1 aromatic rings. The van der Waals surface area contributed by atoms with Gasteiger partial charge < -0.3 is 11.1 Å². The monoisotopic (exact) mass is 176 g/mol. The largest absolute Gasteiger partial charge is 0.387 e. The minimum Gasteiger partial charge on any atom is -0.387 e. The van der Waals surface area contributed by atoms with Crippen LogP contribution < -0.4 is 11.1 Å². The Balaban J connectivity index is 2.36. The molecular weight excluding hydrogens is 160 g/mol. The number of benzene rings is 1. The van der Waals surface area contributed by atoms with Crippen LogP contribution in [-0.4, -0.2) is 6.54 Å². The Labute approximate surface area is 79.5 Å². The first kappa shape index (κ1) is 9.81. The van der Waals surface area contributed by atoms with E-state index in [-0.39, 0.29) is 0 Å². The van der Waals surface area contributed by atoms with E-state index < -0.39 is 0 Å². The average Bonchev–Trinajstić information content (AvgIpc) is 2.19. The maximum Gasteiger partial charge on any atom is 0.0395 e. The molecule has 0 saturated heterocycles. The van der Waals surface area contributed by atoms with Gasteiger partial charge in [0, 0.05) is 13.1 Å². The van der Waals surface area contributed by atoms with E-state index in [1.54, 1.807) is 0 Å². The summed E-state index contributed by atoms with van der Waals surface area (Å²) in [4.78, 5) is 0. The number of hydrogen-bond donors (Lipinski definition) is 2. The van der Waals surface area contributed by atoms with Crippen LogP contribution in [0.25, 0.3) is 0 Å². The summed E-state index contributed by atoms with van der Waals surface area (Å²) in [5.74, 6) is 0. The van der Waals surface area contributed by atoms with Crippen molar-refractivity contribution in [1.82, 2.24) is 5.32 Å². The van der Waals surface area contributed by atoms with Crippen LogP contribution in [0.1, 0.15) is 12.5 Å². The normalized spacial score (nSPS) is 11.4. The Bertz CT molecular complexity index is 265. The molecule has 0 unspecified atom stereocenters. The lowest BCUT2D eigenvalue weighted by atomic mass is 10.2. The molecule has 0 fully saturated rings. The van der Waals surface area contributed by atoms with Crippen LogP contribution in [0.5, 0.6) is 0 Å². The van der Waals surface area contributed by atoms with E-state index in [4.69, 9.17) is 5.73 Å². The molecule has 2 nitrogen and oxygen atoms in total. The summed E-state index contributed by atoms with van der Waals surface area (Å²) >= 11 is 0. The molecule has 0 spiro atoms. The molecule has 1 aromatic carbocycles. The second kappa shape index (κ2) is 5.38. The van der Waals surface area contributed by atoms with Gasteiger partial charge >= 0.3 is 0 Å². The lowest BCUT2D eigenvalue weighted by molar-refractivity contribution is 0.854. The highest BCUT2D eigenvalue weighted by Crippen LogP contribution is 1.97. The zero-order valence-corrected chi connectivity index (χ0v) is 7.96. The fourth-order valence-corrected chi connectivity index (χ4v) is 0.998. The Hall–Kier alpha value is -1.28. The third-order valence-corrected chi connectivity index (χ3v) is 1.82. The van der Waals surface area contributed by atoms with Gasteiger partial charge in [0.2, 0.25) is 0 Å². The predicted octanol–water partition coefficient (Wildman–Crippen LogP) is 1.64. The van der Waals surface area contributed by atoms with E-state index in [1.807, 2.05) is 31.3 Å². The van der Waals surface area contributed by atoms with Gasteiger partial charge in [0.1, 0.15) is 0 Å². The van der Waals surface area contributed by atoms with E-state index in [1.165, 1.54) is 5.56 Å². The maximum absolute atomic E-state index is 5.44. The van der Waals surface area contributed by atoms with Crippen LogP contribution in [0.3, 0.4) is 0 Å². The minimum absolute atomic E-state index is 0.613. The highest BCUT2D eigenvalue weighted by Gasteiger charge is 1.87. The van der Waals surface area contributed by atoms with E-state index in [9.17, 15) is 0 Å². The molecule has 0 heterocycles. The molecule has 0 atom stereocenters. The Morgan fingerprint density at radius 1 is 1.38 bits per heavy atom. The third-order valence-electron chi connectivity index (χ3n) is 1.82. The number of hydrogen-bond acceptors (Lipinski definition) is 2. The minimum atomic E-state index is 0.613. The molecule has 1 rings (SSSR count). The van der Waals surface area contributed by atoms with Gasteiger partial charge in [-0.15, -0.1) is 0 Å². The van der Waals surface area contributed by atoms with Crippen molar-refractivity contribution in [2.45, 2.75) is 13.5 Å². The molecule has 70 valence electrons. The second-order valence-electron chi connectivity index (χ2n) is 3.06. The molecule has 0 aliphatic heterocycles. The predicted molar refractivity (Wildman–Crippen MR) is 56.1 cm³/mol. The molecule has 13 heavy (non-hydrogen) atoms. The van der Waals surface area contributed by atoms with E-state index in [0.29, 0.717) is 6.54 Å². The van der Waals surface area contributed by atoms with Gasteiger partial charge in [0.05, 0.1) is 0 Å². The van der Waals surface area contributed by atoms with Crippen LogP contribution in [-0.2, 0) is 6.54 Å². The zero-order chi connectivity index (χ0) is 9.52. The van der Waals surface area contributed by atoms with Crippen molar-refractivity contribution in [2.24, 2.45) is 5.73 Å². The van der Waals surface area contributed by atoms with Crippen molar-refractivity contribution in [1.29, 1.82) is 0 Å². The van der Waals surface area contributed by atoms with Crippen LogP contribution in [0.15, 0.2) is 42.1 Å². The van der Waals surface area contributed by atoms with Crippen LogP contribution >= 0.6 is 0 Å². The molecule has 0 amide bonds. The van der Waals surface area contributed by atoms with Gasteiger partial charge in [-0.2, -0.15) is 0 Å². The average molecular weight is 176 g/mol. The highest BCUT2D eigenvalue weighted by molar-refractivity contribution is 5.14. The molecule has 0 aliphatic rings. The van der Waals surface area contributed by atoms with Crippen molar-refractivity contribution in [2.75, 3.05) is 6.54 Å². The first-order chi connectivity index (χ1) is 6.33. The highest BCUT2D eigenvalue weighted by atomic mass is 14.8. The molecule has 3 N–H and O–H groups in total. The van der Waals surface area contributed by atoms with E-state index in [0.717, 1.165) is 12.1 Å². The first-order valence-corrected chi connectivity index (χ1v) is 4.46. The van der Waals surface area contributed by atoms with Gasteiger partial charge in [-0.25, -0.2) is 0 Å². The Kier molecular flexibility index (Phi) is 4.06. The lowest BCUT2D eigenvalue weighted by Gasteiger charge is -2.02. The Morgan fingerprint density at radius 2 is 2.08 bits per heavy atom. The standard InChI is InChI=1S/C11H16N2/c1-10(7-12)8-13-9-11-5-3-2-4-6-11/h2-6,8,13H,7,9,12H2,1H3/b10-8-. The van der Waals surface area contributed by atoms with Gasteiger partial charge in [0.25, 0.3) is 0 Å². The fourth-order valence-electron chi connectivity index (χ4n) is 0.998. The summed E-state index contributed by atoms with van der Waals surface area (Å²) < 4.78 is 0. The van der Waals surface area contributed by atoms with Crippen molar-refractivity contribution in [3.05, 3.63) is 47.7 Å². The van der Waals surface area contributed by atoms with E-state index in [2.05, 4.69) is 17.4 Å². The maximum atomic E-state index is 5.44. The summed E-state index contributed by atoms with van der Waals surface area (Å²) in [6.07, 6.45) is 1.97. The van der Waals surface area contributed by atoms with Gasteiger partial charge in [-0.3, -0.25) is 0 Å². The first-order valence-electron chi connectivity index (χ1n) is 4.46.